The summed E-state index contributed by atoms with van der Waals surface area (Å²) in [5.74, 6) is 0. The van der Waals surface area contributed by atoms with Crippen LogP contribution in [0.4, 0.5) is 0 Å². The summed E-state index contributed by atoms with van der Waals surface area (Å²) in [4.78, 5) is 0. The molecule has 1 aromatic heterocycles. The van der Waals surface area contributed by atoms with E-state index in [4.69, 9.17) is 4.42 Å². The molecule has 2 heterocycles. The van der Waals surface area contributed by atoms with Crippen LogP contribution in [0.25, 0.3) is 0 Å². The molecule has 0 aliphatic carbocycles. The Kier molecular flexibility index (Phi) is 2.10. The van der Waals surface area contributed by atoms with E-state index in [1.165, 1.54) is 12.3 Å². The summed E-state index contributed by atoms with van der Waals surface area (Å²) < 4.78 is 30.2. The van der Waals surface area contributed by atoms with Gasteiger partial charge < -0.3 is 9.73 Å². The second-order valence-corrected chi connectivity index (χ2v) is 4.55. The van der Waals surface area contributed by atoms with E-state index < -0.39 is 10.0 Å². The van der Waals surface area contributed by atoms with Gasteiger partial charge in [0.1, 0.15) is 0 Å². The van der Waals surface area contributed by atoms with Crippen LogP contribution in [0.2, 0.25) is 0 Å². The molecule has 1 aliphatic heterocycles. The molecule has 0 unspecified atom stereocenters. The third kappa shape index (κ3) is 1.74. The average molecular weight is 202 g/mol. The number of sulfonamides is 1. The summed E-state index contributed by atoms with van der Waals surface area (Å²) in [5.41, 5.74) is 0. The van der Waals surface area contributed by atoms with Crippen LogP contribution >= 0.6 is 0 Å². The largest absolute Gasteiger partial charge is 0.452 e. The van der Waals surface area contributed by atoms with Gasteiger partial charge in [-0.2, -0.15) is 0 Å². The molecule has 72 valence electrons. The number of rotatable bonds is 3. The molecular formula is C7H10N2O3S. The Morgan fingerprint density at radius 3 is 2.77 bits per heavy atom. The molecule has 0 amide bonds. The molecule has 0 saturated carbocycles. The maximum Gasteiger partial charge on any atom is 0.274 e. The van der Waals surface area contributed by atoms with Gasteiger partial charge in [-0.05, 0) is 12.1 Å². The van der Waals surface area contributed by atoms with Gasteiger partial charge in [-0.1, -0.05) is 0 Å². The highest BCUT2D eigenvalue weighted by Gasteiger charge is 2.25. The Balaban J connectivity index is 2.12. The van der Waals surface area contributed by atoms with Gasteiger partial charge in [0.05, 0.1) is 6.26 Å². The van der Waals surface area contributed by atoms with E-state index in [9.17, 15) is 8.42 Å². The van der Waals surface area contributed by atoms with E-state index in [1.54, 1.807) is 6.07 Å². The Morgan fingerprint density at radius 1 is 1.54 bits per heavy atom. The molecule has 5 nitrogen and oxygen atoms in total. The van der Waals surface area contributed by atoms with Crippen molar-refractivity contribution in [2.24, 2.45) is 0 Å². The van der Waals surface area contributed by atoms with Gasteiger partial charge in [0.2, 0.25) is 5.09 Å². The van der Waals surface area contributed by atoms with Crippen molar-refractivity contribution < 1.29 is 12.8 Å². The molecule has 1 aromatic rings. The first-order chi connectivity index (χ1) is 6.18. The van der Waals surface area contributed by atoms with Crippen LogP contribution in [-0.2, 0) is 10.0 Å². The lowest BCUT2D eigenvalue weighted by molar-refractivity contribution is 0.396. The van der Waals surface area contributed by atoms with Crippen molar-refractivity contribution in [1.29, 1.82) is 0 Å². The topological polar surface area (TPSA) is 71.3 Å². The van der Waals surface area contributed by atoms with E-state index in [1.807, 2.05) is 0 Å². The minimum Gasteiger partial charge on any atom is -0.452 e. The summed E-state index contributed by atoms with van der Waals surface area (Å²) in [6.45, 7) is 1.36. The predicted octanol–water partition coefficient (Wildman–Crippen LogP) is -0.470. The number of hydrogen-bond donors (Lipinski definition) is 2. The van der Waals surface area contributed by atoms with E-state index in [-0.39, 0.29) is 11.1 Å². The van der Waals surface area contributed by atoms with Crippen molar-refractivity contribution in [3.05, 3.63) is 18.4 Å². The van der Waals surface area contributed by atoms with E-state index in [0.29, 0.717) is 13.1 Å². The second-order valence-electron chi connectivity index (χ2n) is 2.91. The highest BCUT2D eigenvalue weighted by Crippen LogP contribution is 2.09. The van der Waals surface area contributed by atoms with Crippen LogP contribution in [0.3, 0.4) is 0 Å². The molecule has 1 saturated heterocycles. The van der Waals surface area contributed by atoms with Gasteiger partial charge in [0.15, 0.2) is 0 Å². The summed E-state index contributed by atoms with van der Waals surface area (Å²) in [6, 6.07) is 2.97. The zero-order valence-corrected chi connectivity index (χ0v) is 7.67. The van der Waals surface area contributed by atoms with Crippen LogP contribution in [0.15, 0.2) is 27.9 Å². The third-order valence-corrected chi connectivity index (χ3v) is 3.27. The normalized spacial score (nSPS) is 18.5. The molecule has 0 bridgehead atoms. The standard InChI is InChI=1S/C7H10N2O3S/c10-13(11,7-2-1-3-12-7)9-6-4-8-5-6/h1-3,6,8-9H,4-5H2. The molecule has 2 rings (SSSR count). The molecule has 2 N–H and O–H groups in total. The Morgan fingerprint density at radius 2 is 2.31 bits per heavy atom. The lowest BCUT2D eigenvalue weighted by atomic mass is 10.2. The third-order valence-electron chi connectivity index (χ3n) is 1.86. The monoisotopic (exact) mass is 202 g/mol. The molecule has 0 spiro atoms. The number of hydrogen-bond acceptors (Lipinski definition) is 4. The highest BCUT2D eigenvalue weighted by molar-refractivity contribution is 7.89. The van der Waals surface area contributed by atoms with Gasteiger partial charge in [-0.15, -0.1) is 0 Å². The number of nitrogens with one attached hydrogen (secondary N) is 2. The van der Waals surface area contributed by atoms with Crippen molar-refractivity contribution in [3.63, 3.8) is 0 Å². The summed E-state index contributed by atoms with van der Waals surface area (Å²) in [7, 11) is -3.43. The van der Waals surface area contributed by atoms with Crippen molar-refractivity contribution >= 4 is 10.0 Å². The summed E-state index contributed by atoms with van der Waals surface area (Å²) in [6.07, 6.45) is 1.34. The summed E-state index contributed by atoms with van der Waals surface area (Å²) >= 11 is 0. The Bertz CT molecular complexity index is 366. The molecule has 0 aromatic carbocycles. The van der Waals surface area contributed by atoms with Crippen LogP contribution in [-0.4, -0.2) is 27.5 Å². The zero-order chi connectivity index (χ0) is 9.31. The lowest BCUT2D eigenvalue weighted by Gasteiger charge is -2.26. The minimum absolute atomic E-state index is 0.00454. The maximum absolute atomic E-state index is 11.5. The predicted molar refractivity (Wildman–Crippen MR) is 45.7 cm³/mol. The van der Waals surface area contributed by atoms with Gasteiger partial charge in [0.25, 0.3) is 10.0 Å². The van der Waals surface area contributed by atoms with Gasteiger partial charge >= 0.3 is 0 Å². The molecule has 13 heavy (non-hydrogen) atoms. The van der Waals surface area contributed by atoms with Crippen molar-refractivity contribution in [2.45, 2.75) is 11.1 Å². The lowest BCUT2D eigenvalue weighted by Crippen LogP contribution is -2.56. The fourth-order valence-electron chi connectivity index (χ4n) is 1.07. The first-order valence-electron chi connectivity index (χ1n) is 3.95. The van der Waals surface area contributed by atoms with Crippen LogP contribution in [0.1, 0.15) is 0 Å². The number of furan rings is 1. The van der Waals surface area contributed by atoms with Crippen LogP contribution in [0, 0.1) is 0 Å². The van der Waals surface area contributed by atoms with Crippen LogP contribution < -0.4 is 10.0 Å². The van der Waals surface area contributed by atoms with Crippen molar-refractivity contribution in [1.82, 2.24) is 10.0 Å². The average Bonchev–Trinajstić information content (AvgIpc) is 2.49. The first kappa shape index (κ1) is 8.74. The Labute approximate surface area is 76.2 Å². The van der Waals surface area contributed by atoms with E-state index >= 15 is 0 Å². The molecular weight excluding hydrogens is 192 g/mol. The fraction of sp³-hybridized carbons (Fsp3) is 0.429. The quantitative estimate of drug-likeness (QED) is 0.695. The molecule has 0 atom stereocenters. The molecule has 1 aliphatic rings. The minimum atomic E-state index is -3.43. The van der Waals surface area contributed by atoms with E-state index in [2.05, 4.69) is 10.0 Å². The van der Waals surface area contributed by atoms with Crippen LogP contribution in [0.5, 0.6) is 0 Å². The molecule has 6 heteroatoms. The fourth-order valence-corrected chi connectivity index (χ4v) is 2.23. The van der Waals surface area contributed by atoms with Gasteiger partial charge in [0, 0.05) is 19.1 Å². The smallest absolute Gasteiger partial charge is 0.274 e. The van der Waals surface area contributed by atoms with E-state index in [0.717, 1.165) is 0 Å². The van der Waals surface area contributed by atoms with Gasteiger partial charge in [-0.3, -0.25) is 0 Å². The Hall–Kier alpha value is -0.850. The first-order valence-corrected chi connectivity index (χ1v) is 5.43. The van der Waals surface area contributed by atoms with Crippen molar-refractivity contribution in [3.8, 4) is 0 Å². The summed E-state index contributed by atoms with van der Waals surface area (Å²) in [5, 5.41) is 2.94. The van der Waals surface area contributed by atoms with Crippen molar-refractivity contribution in [2.75, 3.05) is 13.1 Å². The zero-order valence-electron chi connectivity index (χ0n) is 6.86. The SMILES string of the molecule is O=S(=O)(NC1CNC1)c1ccco1. The maximum atomic E-state index is 11.5. The molecule has 1 fully saturated rings. The highest BCUT2D eigenvalue weighted by atomic mass is 32.2. The second kappa shape index (κ2) is 3.13. The van der Waals surface area contributed by atoms with Gasteiger partial charge in [-0.25, -0.2) is 13.1 Å². The molecule has 0 radical (unpaired) electrons.